The molecule has 0 saturated carbocycles. The normalized spacial score (nSPS) is 12.9. The highest BCUT2D eigenvalue weighted by atomic mass is 32.1. The Bertz CT molecular complexity index is 1040. The van der Waals surface area contributed by atoms with Gasteiger partial charge in [0.1, 0.15) is 0 Å². The van der Waals surface area contributed by atoms with Crippen LogP contribution < -0.4 is 10.2 Å². The molecule has 4 rings (SSSR count). The number of rotatable bonds is 5. The summed E-state index contributed by atoms with van der Waals surface area (Å²) in [6.07, 6.45) is 1.59. The molecule has 0 aliphatic carbocycles. The summed E-state index contributed by atoms with van der Waals surface area (Å²) in [5, 5.41) is 6.14. The molecule has 3 aromatic rings. The maximum atomic E-state index is 12.5. The maximum absolute atomic E-state index is 12.5. The third-order valence-corrected chi connectivity index (χ3v) is 6.75. The van der Waals surface area contributed by atoms with Crippen LogP contribution in [0.1, 0.15) is 32.7 Å². The van der Waals surface area contributed by atoms with Crippen molar-refractivity contribution < 1.29 is 9.59 Å². The molecule has 0 spiro atoms. The van der Waals surface area contributed by atoms with E-state index in [1.54, 1.807) is 40.6 Å². The molecule has 0 fully saturated rings. The summed E-state index contributed by atoms with van der Waals surface area (Å²) in [7, 11) is 0. The first kappa shape index (κ1) is 18.8. The van der Waals surface area contributed by atoms with E-state index < -0.39 is 0 Å². The average molecular weight is 412 g/mol. The minimum atomic E-state index is -0.0732. The summed E-state index contributed by atoms with van der Waals surface area (Å²) >= 11 is 3.38. The predicted octanol–water partition coefficient (Wildman–Crippen LogP) is 4.06. The van der Waals surface area contributed by atoms with Crippen LogP contribution in [0.15, 0.2) is 35.7 Å². The van der Waals surface area contributed by atoms with Crippen LogP contribution >= 0.6 is 22.7 Å². The largest absolute Gasteiger partial charge is 0.352 e. The lowest BCUT2D eigenvalue weighted by Gasteiger charge is -2.14. The SMILES string of the molecule is CC(=O)N1CCc2cc(C(=O)NCCc3ccc(-c4csc(C)n4)s3)ccc21. The lowest BCUT2D eigenvalue weighted by Crippen LogP contribution is -2.26. The third-order valence-electron chi connectivity index (χ3n) is 4.81. The summed E-state index contributed by atoms with van der Waals surface area (Å²) < 4.78 is 0. The Labute approximate surface area is 172 Å². The highest BCUT2D eigenvalue weighted by Crippen LogP contribution is 2.30. The molecule has 2 aromatic heterocycles. The van der Waals surface area contributed by atoms with Crippen LogP contribution in [0, 0.1) is 6.92 Å². The lowest BCUT2D eigenvalue weighted by atomic mass is 10.1. The molecular formula is C21H21N3O2S2. The van der Waals surface area contributed by atoms with Gasteiger partial charge in [0, 0.05) is 41.5 Å². The van der Waals surface area contributed by atoms with E-state index in [-0.39, 0.29) is 11.8 Å². The first-order valence-corrected chi connectivity index (χ1v) is 10.9. The van der Waals surface area contributed by atoms with Gasteiger partial charge in [-0.3, -0.25) is 9.59 Å². The molecule has 1 aliphatic heterocycles. The number of carbonyl (C=O) groups excluding carboxylic acids is 2. The van der Waals surface area contributed by atoms with Crippen LogP contribution in [0.5, 0.6) is 0 Å². The standard InChI is InChI=1S/C21H21N3O2S2/c1-13-23-18(12-27-13)20-6-4-17(28-20)7-9-22-21(26)16-3-5-19-15(11-16)8-10-24(19)14(2)25/h3-6,11-12H,7-10H2,1-2H3,(H,22,26). The van der Waals surface area contributed by atoms with Gasteiger partial charge in [-0.1, -0.05) is 0 Å². The molecule has 2 amide bonds. The monoisotopic (exact) mass is 411 g/mol. The van der Waals surface area contributed by atoms with Crippen molar-refractivity contribution in [2.45, 2.75) is 26.7 Å². The van der Waals surface area contributed by atoms with Crippen molar-refractivity contribution in [2.24, 2.45) is 0 Å². The summed E-state index contributed by atoms with van der Waals surface area (Å²) in [6.45, 7) is 4.86. The van der Waals surface area contributed by atoms with E-state index in [4.69, 9.17) is 0 Å². The molecule has 0 bridgehead atoms. The number of benzene rings is 1. The molecule has 28 heavy (non-hydrogen) atoms. The molecule has 1 N–H and O–H groups in total. The number of hydrogen-bond donors (Lipinski definition) is 1. The number of hydrogen-bond acceptors (Lipinski definition) is 5. The average Bonchev–Trinajstić information content (AvgIpc) is 3.39. The number of aromatic nitrogens is 1. The number of fused-ring (bicyclic) bond motifs is 1. The van der Waals surface area contributed by atoms with E-state index in [0.717, 1.165) is 34.8 Å². The fourth-order valence-corrected chi connectivity index (χ4v) is 5.05. The predicted molar refractivity (Wildman–Crippen MR) is 114 cm³/mol. The van der Waals surface area contributed by atoms with Gasteiger partial charge in [-0.15, -0.1) is 22.7 Å². The van der Waals surface area contributed by atoms with Gasteiger partial charge in [-0.2, -0.15) is 0 Å². The Morgan fingerprint density at radius 3 is 2.86 bits per heavy atom. The Balaban J connectivity index is 1.34. The Morgan fingerprint density at radius 1 is 1.25 bits per heavy atom. The second kappa shape index (κ2) is 7.85. The molecule has 1 aliphatic rings. The maximum Gasteiger partial charge on any atom is 0.251 e. The minimum absolute atomic E-state index is 0.0408. The second-order valence-corrected chi connectivity index (χ2v) is 9.02. The number of thiazole rings is 1. The van der Waals surface area contributed by atoms with Crippen molar-refractivity contribution in [3.8, 4) is 10.6 Å². The molecule has 7 heteroatoms. The molecule has 0 unspecified atom stereocenters. The molecule has 0 atom stereocenters. The van der Waals surface area contributed by atoms with Gasteiger partial charge < -0.3 is 10.2 Å². The van der Waals surface area contributed by atoms with E-state index in [1.165, 1.54) is 9.75 Å². The van der Waals surface area contributed by atoms with Crippen molar-refractivity contribution in [3.05, 3.63) is 56.7 Å². The Morgan fingerprint density at radius 2 is 2.11 bits per heavy atom. The van der Waals surface area contributed by atoms with Crippen LogP contribution in [0.25, 0.3) is 10.6 Å². The quantitative estimate of drug-likeness (QED) is 0.689. The molecule has 144 valence electrons. The zero-order valence-corrected chi connectivity index (χ0v) is 17.5. The van der Waals surface area contributed by atoms with Gasteiger partial charge in [0.05, 0.1) is 15.6 Å². The van der Waals surface area contributed by atoms with Crippen LogP contribution in [-0.2, 0) is 17.6 Å². The summed E-state index contributed by atoms with van der Waals surface area (Å²) in [5.41, 5.74) is 3.66. The van der Waals surface area contributed by atoms with Crippen molar-refractivity contribution >= 4 is 40.2 Å². The van der Waals surface area contributed by atoms with Gasteiger partial charge in [0.25, 0.3) is 5.91 Å². The summed E-state index contributed by atoms with van der Waals surface area (Å²) in [5.74, 6) is -0.0324. The molecule has 5 nitrogen and oxygen atoms in total. The van der Waals surface area contributed by atoms with E-state index in [0.29, 0.717) is 18.7 Å². The smallest absolute Gasteiger partial charge is 0.251 e. The molecule has 0 saturated heterocycles. The zero-order chi connectivity index (χ0) is 19.7. The summed E-state index contributed by atoms with van der Waals surface area (Å²) in [6, 6.07) is 9.77. The lowest BCUT2D eigenvalue weighted by molar-refractivity contribution is -0.116. The first-order valence-electron chi connectivity index (χ1n) is 9.22. The van der Waals surface area contributed by atoms with Crippen molar-refractivity contribution in [1.82, 2.24) is 10.3 Å². The van der Waals surface area contributed by atoms with Gasteiger partial charge in [0.2, 0.25) is 5.91 Å². The van der Waals surface area contributed by atoms with Crippen LogP contribution in [0.3, 0.4) is 0 Å². The van der Waals surface area contributed by atoms with Crippen molar-refractivity contribution in [2.75, 3.05) is 18.0 Å². The van der Waals surface area contributed by atoms with Gasteiger partial charge >= 0.3 is 0 Å². The van der Waals surface area contributed by atoms with Crippen LogP contribution in [0.4, 0.5) is 5.69 Å². The molecule has 1 aromatic carbocycles. The highest BCUT2D eigenvalue weighted by Gasteiger charge is 2.23. The first-order chi connectivity index (χ1) is 13.5. The fraction of sp³-hybridized carbons (Fsp3) is 0.286. The topological polar surface area (TPSA) is 62.3 Å². The van der Waals surface area contributed by atoms with Crippen molar-refractivity contribution in [3.63, 3.8) is 0 Å². The minimum Gasteiger partial charge on any atom is -0.352 e. The number of amides is 2. The number of nitrogens with one attached hydrogen (secondary N) is 1. The van der Waals surface area contributed by atoms with E-state index >= 15 is 0 Å². The van der Waals surface area contributed by atoms with Crippen LogP contribution in [0.2, 0.25) is 0 Å². The third kappa shape index (κ3) is 3.86. The zero-order valence-electron chi connectivity index (χ0n) is 15.8. The summed E-state index contributed by atoms with van der Waals surface area (Å²) in [4.78, 5) is 32.8. The van der Waals surface area contributed by atoms with E-state index in [1.807, 2.05) is 19.1 Å². The van der Waals surface area contributed by atoms with Gasteiger partial charge in [0.15, 0.2) is 0 Å². The van der Waals surface area contributed by atoms with Gasteiger partial charge in [-0.05, 0) is 55.7 Å². The molecular weight excluding hydrogens is 390 g/mol. The second-order valence-electron chi connectivity index (χ2n) is 6.79. The fourth-order valence-electron chi connectivity index (χ4n) is 3.40. The van der Waals surface area contributed by atoms with Crippen molar-refractivity contribution in [1.29, 1.82) is 0 Å². The highest BCUT2D eigenvalue weighted by molar-refractivity contribution is 7.16. The van der Waals surface area contributed by atoms with Gasteiger partial charge in [-0.25, -0.2) is 4.98 Å². The number of aryl methyl sites for hydroxylation is 1. The number of nitrogens with zero attached hydrogens (tertiary/aromatic N) is 2. The number of thiophene rings is 1. The van der Waals surface area contributed by atoms with E-state index in [9.17, 15) is 9.59 Å². The Hall–Kier alpha value is -2.51. The number of carbonyl (C=O) groups is 2. The molecule has 3 heterocycles. The van der Waals surface area contributed by atoms with E-state index in [2.05, 4.69) is 27.8 Å². The Kier molecular flexibility index (Phi) is 5.28. The van der Waals surface area contributed by atoms with Crippen LogP contribution in [-0.4, -0.2) is 29.9 Å². The molecule has 0 radical (unpaired) electrons. The number of anilines is 1.